The Morgan fingerprint density at radius 1 is 1.75 bits per heavy atom. The summed E-state index contributed by atoms with van der Waals surface area (Å²) in [6.45, 7) is 2.92. The highest BCUT2D eigenvalue weighted by Gasteiger charge is 2.35. The van der Waals surface area contributed by atoms with Crippen LogP contribution >= 0.6 is 0 Å². The van der Waals surface area contributed by atoms with Crippen LogP contribution in [0.5, 0.6) is 0 Å². The molecular weight excluding hydrogens is 98.1 g/mol. The minimum atomic E-state index is 0.409. The van der Waals surface area contributed by atoms with E-state index in [-0.39, 0.29) is 0 Å². The zero-order valence-electron chi connectivity index (χ0n) is 5.20. The summed E-state index contributed by atoms with van der Waals surface area (Å²) in [5, 5.41) is 3.25. The molecule has 0 radical (unpaired) electrons. The number of terminal acetylenes is 1. The van der Waals surface area contributed by atoms with Crippen molar-refractivity contribution < 1.29 is 0 Å². The highest BCUT2D eigenvalue weighted by molar-refractivity contribution is 5.01. The third-order valence-electron chi connectivity index (χ3n) is 1.62. The van der Waals surface area contributed by atoms with Crippen molar-refractivity contribution in [2.75, 3.05) is 6.54 Å². The maximum absolute atomic E-state index is 5.05. The summed E-state index contributed by atoms with van der Waals surface area (Å²) in [7, 11) is 0. The molecule has 0 heterocycles. The van der Waals surface area contributed by atoms with Gasteiger partial charge in [0.1, 0.15) is 0 Å². The first kappa shape index (κ1) is 5.65. The average molecular weight is 109 g/mol. The Bertz CT molecular complexity index is 117. The van der Waals surface area contributed by atoms with Gasteiger partial charge in [-0.2, -0.15) is 0 Å². The molecule has 0 unspecified atom stereocenters. The molecule has 1 aliphatic rings. The number of nitrogens with one attached hydrogen (secondary N) is 1. The van der Waals surface area contributed by atoms with Crippen molar-refractivity contribution in [1.82, 2.24) is 5.32 Å². The molecule has 0 aromatic heterocycles. The molecule has 0 aromatic carbocycles. The van der Waals surface area contributed by atoms with Gasteiger partial charge in [0.05, 0.1) is 6.54 Å². The Balaban J connectivity index is 2.12. The van der Waals surface area contributed by atoms with Crippen LogP contribution in [0.2, 0.25) is 0 Å². The smallest absolute Gasteiger partial charge is 0.0577 e. The molecule has 1 heteroatoms. The van der Waals surface area contributed by atoms with Crippen LogP contribution in [-0.4, -0.2) is 12.1 Å². The minimum absolute atomic E-state index is 0.409. The summed E-state index contributed by atoms with van der Waals surface area (Å²) in [5.41, 5.74) is 0.409. The summed E-state index contributed by atoms with van der Waals surface area (Å²) in [5.74, 6) is 2.55. The number of hydrogen-bond acceptors (Lipinski definition) is 1. The van der Waals surface area contributed by atoms with E-state index in [4.69, 9.17) is 6.42 Å². The van der Waals surface area contributed by atoms with Crippen LogP contribution in [0, 0.1) is 12.3 Å². The van der Waals surface area contributed by atoms with Crippen LogP contribution < -0.4 is 5.32 Å². The fraction of sp³-hybridized carbons (Fsp3) is 0.714. The summed E-state index contributed by atoms with van der Waals surface area (Å²) in [4.78, 5) is 0. The lowest BCUT2D eigenvalue weighted by molar-refractivity contribution is 0.581. The highest BCUT2D eigenvalue weighted by Crippen LogP contribution is 2.33. The van der Waals surface area contributed by atoms with E-state index in [1.807, 2.05) is 0 Å². The first-order valence-corrected chi connectivity index (χ1v) is 2.95. The summed E-state index contributed by atoms with van der Waals surface area (Å²) >= 11 is 0. The summed E-state index contributed by atoms with van der Waals surface area (Å²) in [6, 6.07) is 0. The van der Waals surface area contributed by atoms with Crippen LogP contribution in [0.15, 0.2) is 0 Å². The lowest BCUT2D eigenvalue weighted by atomic mass is 10.3. The van der Waals surface area contributed by atoms with Gasteiger partial charge in [0.25, 0.3) is 0 Å². The van der Waals surface area contributed by atoms with E-state index in [0.717, 1.165) is 6.54 Å². The van der Waals surface area contributed by atoms with E-state index in [1.165, 1.54) is 12.8 Å². The molecule has 1 nitrogen and oxygen atoms in total. The topological polar surface area (TPSA) is 12.0 Å². The fourth-order valence-corrected chi connectivity index (χ4v) is 0.629. The van der Waals surface area contributed by atoms with Crippen molar-refractivity contribution in [3.8, 4) is 12.3 Å². The van der Waals surface area contributed by atoms with Gasteiger partial charge in [-0.25, -0.2) is 0 Å². The molecule has 1 N–H and O–H groups in total. The molecule has 0 aliphatic heterocycles. The summed E-state index contributed by atoms with van der Waals surface area (Å²) < 4.78 is 0. The molecule has 1 aliphatic carbocycles. The van der Waals surface area contributed by atoms with Crippen LogP contribution in [0.1, 0.15) is 19.8 Å². The molecule has 0 bridgehead atoms. The molecule has 1 rings (SSSR count). The minimum Gasteiger partial charge on any atom is -0.301 e. The number of hydrogen-bond donors (Lipinski definition) is 1. The number of rotatable bonds is 2. The Morgan fingerprint density at radius 2 is 2.38 bits per heavy atom. The second-order valence-corrected chi connectivity index (χ2v) is 2.62. The van der Waals surface area contributed by atoms with Crippen LogP contribution in [-0.2, 0) is 0 Å². The maximum Gasteiger partial charge on any atom is 0.0577 e. The first-order valence-electron chi connectivity index (χ1n) is 2.95. The van der Waals surface area contributed by atoms with Gasteiger partial charge in [0.2, 0.25) is 0 Å². The van der Waals surface area contributed by atoms with E-state index in [2.05, 4.69) is 18.2 Å². The van der Waals surface area contributed by atoms with Crippen molar-refractivity contribution in [3.05, 3.63) is 0 Å². The Hall–Kier alpha value is -0.480. The third kappa shape index (κ3) is 1.24. The molecule has 0 spiro atoms. The second-order valence-electron chi connectivity index (χ2n) is 2.62. The van der Waals surface area contributed by atoms with Crippen LogP contribution in [0.4, 0.5) is 0 Å². The predicted molar refractivity (Wildman–Crippen MR) is 34.5 cm³/mol. The van der Waals surface area contributed by atoms with Crippen molar-refractivity contribution in [2.45, 2.75) is 25.3 Å². The molecule has 8 heavy (non-hydrogen) atoms. The van der Waals surface area contributed by atoms with Gasteiger partial charge in [-0.15, -0.1) is 6.42 Å². The van der Waals surface area contributed by atoms with Crippen LogP contribution in [0.25, 0.3) is 0 Å². The Labute approximate surface area is 50.5 Å². The fourth-order valence-electron chi connectivity index (χ4n) is 0.629. The molecule has 44 valence electrons. The zero-order valence-corrected chi connectivity index (χ0v) is 5.20. The molecule has 0 amide bonds. The molecule has 1 fully saturated rings. The van der Waals surface area contributed by atoms with E-state index in [9.17, 15) is 0 Å². The summed E-state index contributed by atoms with van der Waals surface area (Å²) in [6.07, 6.45) is 7.62. The van der Waals surface area contributed by atoms with Crippen molar-refractivity contribution in [2.24, 2.45) is 0 Å². The Kier molecular flexibility index (Phi) is 1.27. The van der Waals surface area contributed by atoms with Crippen molar-refractivity contribution in [3.63, 3.8) is 0 Å². The van der Waals surface area contributed by atoms with E-state index in [1.54, 1.807) is 0 Å². The standard InChI is InChI=1S/C7H11N/c1-3-6-8-7(2)4-5-7/h1,8H,4-6H2,2H3. The highest BCUT2D eigenvalue weighted by atomic mass is 15.0. The normalized spacial score (nSPS) is 22.0. The molecule has 1 saturated carbocycles. The van der Waals surface area contributed by atoms with Gasteiger partial charge < -0.3 is 5.32 Å². The quantitative estimate of drug-likeness (QED) is 0.516. The van der Waals surface area contributed by atoms with Gasteiger partial charge in [0, 0.05) is 5.54 Å². The third-order valence-corrected chi connectivity index (χ3v) is 1.62. The zero-order chi connectivity index (χ0) is 6.04. The molecule has 0 saturated heterocycles. The monoisotopic (exact) mass is 109 g/mol. The lowest BCUT2D eigenvalue weighted by Gasteiger charge is -2.05. The van der Waals surface area contributed by atoms with Crippen LogP contribution in [0.3, 0.4) is 0 Å². The lowest BCUT2D eigenvalue weighted by Crippen LogP contribution is -2.27. The Morgan fingerprint density at radius 3 is 2.75 bits per heavy atom. The molecule has 0 aromatic rings. The van der Waals surface area contributed by atoms with Crippen molar-refractivity contribution >= 4 is 0 Å². The van der Waals surface area contributed by atoms with Gasteiger partial charge in [-0.1, -0.05) is 5.92 Å². The second kappa shape index (κ2) is 1.80. The molecule has 0 atom stereocenters. The van der Waals surface area contributed by atoms with Gasteiger partial charge in [-0.05, 0) is 19.8 Å². The van der Waals surface area contributed by atoms with Gasteiger partial charge in [-0.3, -0.25) is 0 Å². The van der Waals surface area contributed by atoms with Crippen molar-refractivity contribution in [1.29, 1.82) is 0 Å². The first-order chi connectivity index (χ1) is 3.77. The van der Waals surface area contributed by atoms with E-state index < -0.39 is 0 Å². The molecular formula is C7H11N. The van der Waals surface area contributed by atoms with E-state index >= 15 is 0 Å². The SMILES string of the molecule is C#CCNC1(C)CC1. The van der Waals surface area contributed by atoms with Gasteiger partial charge in [0.15, 0.2) is 0 Å². The van der Waals surface area contributed by atoms with E-state index in [0.29, 0.717) is 5.54 Å². The largest absolute Gasteiger partial charge is 0.301 e. The van der Waals surface area contributed by atoms with Gasteiger partial charge >= 0.3 is 0 Å². The maximum atomic E-state index is 5.05. The average Bonchev–Trinajstić information content (AvgIpc) is 2.45. The predicted octanol–water partition coefficient (Wildman–Crippen LogP) is 0.762.